The minimum absolute atomic E-state index is 0.155. The maximum atomic E-state index is 14.0. The van der Waals surface area contributed by atoms with Crippen LogP contribution in [0, 0.1) is 0 Å². The molecule has 2 atom stereocenters. The number of likely N-dealkylation sites (N-methyl/N-ethyl adjacent to an activating group) is 1. The highest BCUT2D eigenvalue weighted by atomic mass is 19.1. The standard InChI is InChI=1S/C16H24FN7/c1-22(10-15-19-4-3-14(18)21-15)9-13-7-12(17)8-24(13)11-16-20-5-6-23(16)2/h3-6,12-13H,7-11H2,1-2H3,(H2,18,19,21)/t12-,13-/m0/s1. The number of nitrogens with two attached hydrogens (primary N) is 1. The first-order valence-corrected chi connectivity index (χ1v) is 8.11. The van der Waals surface area contributed by atoms with E-state index in [-0.39, 0.29) is 6.04 Å². The summed E-state index contributed by atoms with van der Waals surface area (Å²) in [4.78, 5) is 17.1. The van der Waals surface area contributed by atoms with E-state index in [0.717, 1.165) is 12.4 Å². The molecule has 1 aliphatic rings. The Labute approximate surface area is 141 Å². The van der Waals surface area contributed by atoms with Crippen LogP contribution < -0.4 is 5.73 Å². The maximum Gasteiger partial charge on any atom is 0.144 e. The van der Waals surface area contributed by atoms with Gasteiger partial charge in [-0.2, -0.15) is 0 Å². The summed E-state index contributed by atoms with van der Waals surface area (Å²) in [6.07, 6.45) is 5.11. The average Bonchev–Trinajstić information content (AvgIpc) is 3.06. The Morgan fingerprint density at radius 2 is 2.21 bits per heavy atom. The van der Waals surface area contributed by atoms with Crippen molar-refractivity contribution in [3.05, 3.63) is 36.3 Å². The third kappa shape index (κ3) is 4.07. The molecular weight excluding hydrogens is 309 g/mol. The Kier molecular flexibility index (Phi) is 5.06. The fourth-order valence-electron chi connectivity index (χ4n) is 3.19. The van der Waals surface area contributed by atoms with Crippen LogP contribution in [0.25, 0.3) is 0 Å². The highest BCUT2D eigenvalue weighted by molar-refractivity contribution is 5.24. The number of likely N-dealkylation sites (tertiary alicyclic amines) is 1. The molecule has 2 aromatic rings. The van der Waals surface area contributed by atoms with Crippen LogP contribution in [0.3, 0.4) is 0 Å². The van der Waals surface area contributed by atoms with Crippen LogP contribution in [-0.4, -0.2) is 61.7 Å². The van der Waals surface area contributed by atoms with E-state index >= 15 is 0 Å². The van der Waals surface area contributed by atoms with E-state index in [0.29, 0.717) is 37.7 Å². The van der Waals surface area contributed by atoms with Crippen LogP contribution in [0.4, 0.5) is 10.2 Å². The van der Waals surface area contributed by atoms with E-state index in [1.54, 1.807) is 18.5 Å². The quantitative estimate of drug-likeness (QED) is 0.844. The van der Waals surface area contributed by atoms with Crippen molar-refractivity contribution in [2.24, 2.45) is 7.05 Å². The topological polar surface area (TPSA) is 76.1 Å². The van der Waals surface area contributed by atoms with Crippen LogP contribution in [0.5, 0.6) is 0 Å². The number of imidazole rings is 1. The number of anilines is 1. The van der Waals surface area contributed by atoms with Crippen LogP contribution in [0.2, 0.25) is 0 Å². The van der Waals surface area contributed by atoms with Gasteiger partial charge >= 0.3 is 0 Å². The third-order valence-electron chi connectivity index (χ3n) is 4.40. The number of alkyl halides is 1. The molecule has 8 heteroatoms. The molecule has 0 saturated carbocycles. The lowest BCUT2D eigenvalue weighted by Gasteiger charge is -2.27. The van der Waals surface area contributed by atoms with Gasteiger partial charge in [-0.05, 0) is 19.5 Å². The monoisotopic (exact) mass is 333 g/mol. The van der Waals surface area contributed by atoms with Gasteiger partial charge in [0.05, 0.1) is 13.1 Å². The van der Waals surface area contributed by atoms with Crippen molar-refractivity contribution in [2.75, 3.05) is 25.9 Å². The highest BCUT2D eigenvalue weighted by Gasteiger charge is 2.33. The molecule has 24 heavy (non-hydrogen) atoms. The molecule has 1 fully saturated rings. The molecule has 7 nitrogen and oxygen atoms in total. The van der Waals surface area contributed by atoms with E-state index < -0.39 is 6.17 Å². The van der Waals surface area contributed by atoms with Gasteiger partial charge in [-0.15, -0.1) is 0 Å². The van der Waals surface area contributed by atoms with Crippen molar-refractivity contribution in [3.8, 4) is 0 Å². The molecule has 0 aliphatic carbocycles. The van der Waals surface area contributed by atoms with Crippen LogP contribution in [0.1, 0.15) is 18.1 Å². The number of aromatic nitrogens is 4. The zero-order chi connectivity index (χ0) is 17.1. The lowest BCUT2D eigenvalue weighted by Crippen LogP contribution is -2.39. The summed E-state index contributed by atoms with van der Waals surface area (Å²) in [5.74, 6) is 2.10. The van der Waals surface area contributed by atoms with Gasteiger partial charge in [-0.3, -0.25) is 9.80 Å². The Morgan fingerprint density at radius 3 is 2.92 bits per heavy atom. The molecule has 3 rings (SSSR count). The van der Waals surface area contributed by atoms with E-state index in [9.17, 15) is 4.39 Å². The second-order valence-corrected chi connectivity index (χ2v) is 6.47. The van der Waals surface area contributed by atoms with Crippen molar-refractivity contribution in [1.82, 2.24) is 29.3 Å². The molecule has 0 spiro atoms. The number of aryl methyl sites for hydroxylation is 1. The summed E-state index contributed by atoms with van der Waals surface area (Å²) in [5, 5.41) is 0. The van der Waals surface area contributed by atoms with Crippen molar-refractivity contribution >= 4 is 5.82 Å². The summed E-state index contributed by atoms with van der Waals surface area (Å²) in [7, 11) is 3.96. The lowest BCUT2D eigenvalue weighted by atomic mass is 10.2. The fraction of sp³-hybridized carbons (Fsp3) is 0.562. The number of halogens is 1. The Balaban J connectivity index is 1.60. The van der Waals surface area contributed by atoms with Gasteiger partial charge in [-0.1, -0.05) is 0 Å². The SMILES string of the molecule is CN(Cc1nccc(N)n1)C[C@@H]1C[C@H](F)CN1Cc1nccn1C. The van der Waals surface area contributed by atoms with Crippen LogP contribution >= 0.6 is 0 Å². The second kappa shape index (κ2) is 7.23. The fourth-order valence-corrected chi connectivity index (χ4v) is 3.19. The minimum atomic E-state index is -0.785. The second-order valence-electron chi connectivity index (χ2n) is 6.47. The molecule has 0 amide bonds. The maximum absolute atomic E-state index is 14.0. The first kappa shape index (κ1) is 16.8. The van der Waals surface area contributed by atoms with E-state index in [2.05, 4.69) is 24.8 Å². The van der Waals surface area contributed by atoms with Gasteiger partial charge in [-0.25, -0.2) is 19.3 Å². The zero-order valence-corrected chi connectivity index (χ0v) is 14.1. The number of rotatable bonds is 6. The molecule has 2 N–H and O–H groups in total. The number of nitrogen functional groups attached to an aromatic ring is 1. The Bertz CT molecular complexity index is 674. The normalized spacial score (nSPS) is 21.7. The average molecular weight is 333 g/mol. The van der Waals surface area contributed by atoms with Gasteiger partial charge in [0, 0.05) is 44.8 Å². The van der Waals surface area contributed by atoms with E-state index in [4.69, 9.17) is 5.73 Å². The molecule has 0 radical (unpaired) electrons. The summed E-state index contributed by atoms with van der Waals surface area (Å²) in [6.45, 7) is 2.47. The Hall–Kier alpha value is -2.06. The van der Waals surface area contributed by atoms with Gasteiger partial charge in [0.25, 0.3) is 0 Å². The van der Waals surface area contributed by atoms with Gasteiger partial charge in [0.1, 0.15) is 23.6 Å². The summed E-state index contributed by atoms with van der Waals surface area (Å²) in [5.41, 5.74) is 5.69. The molecular formula is C16H24FN7. The predicted molar refractivity (Wildman–Crippen MR) is 89.7 cm³/mol. The van der Waals surface area contributed by atoms with Crippen LogP contribution in [-0.2, 0) is 20.1 Å². The molecule has 1 saturated heterocycles. The van der Waals surface area contributed by atoms with Gasteiger partial charge in [0.15, 0.2) is 0 Å². The van der Waals surface area contributed by atoms with Gasteiger partial charge in [0.2, 0.25) is 0 Å². The summed E-state index contributed by atoms with van der Waals surface area (Å²) in [6, 6.07) is 1.82. The zero-order valence-electron chi connectivity index (χ0n) is 14.1. The molecule has 1 aliphatic heterocycles. The molecule has 0 unspecified atom stereocenters. The van der Waals surface area contributed by atoms with E-state index in [1.807, 2.05) is 24.9 Å². The minimum Gasteiger partial charge on any atom is -0.384 e. The van der Waals surface area contributed by atoms with Crippen molar-refractivity contribution in [3.63, 3.8) is 0 Å². The number of nitrogens with zero attached hydrogens (tertiary/aromatic N) is 6. The van der Waals surface area contributed by atoms with Crippen molar-refractivity contribution < 1.29 is 4.39 Å². The Morgan fingerprint density at radius 1 is 1.38 bits per heavy atom. The summed E-state index contributed by atoms with van der Waals surface area (Å²) >= 11 is 0. The first-order chi connectivity index (χ1) is 11.5. The smallest absolute Gasteiger partial charge is 0.144 e. The van der Waals surface area contributed by atoms with E-state index in [1.165, 1.54) is 0 Å². The first-order valence-electron chi connectivity index (χ1n) is 8.11. The molecule has 0 bridgehead atoms. The molecule has 130 valence electrons. The highest BCUT2D eigenvalue weighted by Crippen LogP contribution is 2.23. The summed E-state index contributed by atoms with van der Waals surface area (Å²) < 4.78 is 15.9. The molecule has 0 aromatic carbocycles. The van der Waals surface area contributed by atoms with Crippen molar-refractivity contribution in [2.45, 2.75) is 31.7 Å². The van der Waals surface area contributed by atoms with Gasteiger partial charge < -0.3 is 10.3 Å². The molecule has 2 aromatic heterocycles. The predicted octanol–water partition coefficient (Wildman–Crippen LogP) is 0.837. The third-order valence-corrected chi connectivity index (χ3v) is 4.40. The lowest BCUT2D eigenvalue weighted by molar-refractivity contribution is 0.174. The van der Waals surface area contributed by atoms with Crippen molar-refractivity contribution in [1.29, 1.82) is 0 Å². The molecule has 3 heterocycles. The number of hydrogen-bond acceptors (Lipinski definition) is 6. The van der Waals surface area contributed by atoms with Crippen LogP contribution in [0.15, 0.2) is 24.7 Å². The largest absolute Gasteiger partial charge is 0.384 e. The number of hydrogen-bond donors (Lipinski definition) is 1.